The molecule has 0 aromatic rings. The van der Waals surface area contributed by atoms with Crippen molar-refractivity contribution in [1.82, 2.24) is 5.32 Å². The van der Waals surface area contributed by atoms with Gasteiger partial charge in [-0.25, -0.2) is 0 Å². The van der Waals surface area contributed by atoms with E-state index in [1.54, 1.807) is 6.08 Å². The zero-order valence-electron chi connectivity index (χ0n) is 48.7. The van der Waals surface area contributed by atoms with E-state index in [1.807, 2.05) is 6.08 Å². The van der Waals surface area contributed by atoms with Gasteiger partial charge in [0.25, 0.3) is 0 Å². The molecular weight excluding hydrogens is 887 g/mol. The number of nitrogens with one attached hydrogen (secondary N) is 1. The van der Waals surface area contributed by atoms with Crippen molar-refractivity contribution in [3.63, 3.8) is 0 Å². The van der Waals surface area contributed by atoms with E-state index in [9.17, 15) is 19.8 Å². The molecule has 0 bridgehead atoms. The Balaban J connectivity index is 3.43. The van der Waals surface area contributed by atoms with E-state index >= 15 is 0 Å². The first-order valence-corrected chi connectivity index (χ1v) is 32.6. The summed E-state index contributed by atoms with van der Waals surface area (Å²) >= 11 is 0. The number of carbonyl (C=O) groups is 2. The Hall–Kier alpha value is -1.66. The Morgan fingerprint density at radius 2 is 0.653 bits per heavy atom. The van der Waals surface area contributed by atoms with Crippen LogP contribution in [-0.2, 0) is 14.3 Å². The molecule has 0 fully saturated rings. The fourth-order valence-corrected chi connectivity index (χ4v) is 10.2. The van der Waals surface area contributed by atoms with Gasteiger partial charge in [0.05, 0.1) is 25.4 Å². The number of esters is 1. The average molecular weight is 1010 g/mol. The first kappa shape index (κ1) is 70.3. The summed E-state index contributed by atoms with van der Waals surface area (Å²) < 4.78 is 5.49. The van der Waals surface area contributed by atoms with E-state index in [4.69, 9.17) is 4.74 Å². The zero-order chi connectivity index (χ0) is 52.2. The molecule has 0 saturated carbocycles. The predicted octanol–water partition coefficient (Wildman–Crippen LogP) is 20.6. The molecule has 1 amide bonds. The minimum atomic E-state index is -0.848. The average Bonchev–Trinajstić information content (AvgIpc) is 3.38. The van der Waals surface area contributed by atoms with E-state index in [1.165, 1.54) is 289 Å². The molecule has 0 aromatic heterocycles. The van der Waals surface area contributed by atoms with Crippen molar-refractivity contribution in [3.8, 4) is 0 Å². The molecule has 0 heterocycles. The van der Waals surface area contributed by atoms with Crippen molar-refractivity contribution in [2.24, 2.45) is 0 Å². The van der Waals surface area contributed by atoms with Crippen molar-refractivity contribution < 1.29 is 24.5 Å². The second-order valence-corrected chi connectivity index (χ2v) is 22.5. The molecule has 72 heavy (non-hydrogen) atoms. The number of unbranched alkanes of at least 4 members (excludes halogenated alkanes) is 48. The molecule has 6 heteroatoms. The monoisotopic (exact) mass is 1010 g/mol. The molecule has 3 N–H and O–H groups in total. The topological polar surface area (TPSA) is 95.9 Å². The molecule has 0 radical (unpaired) electrons. The Labute approximate surface area is 450 Å². The van der Waals surface area contributed by atoms with Crippen LogP contribution in [0.15, 0.2) is 24.3 Å². The van der Waals surface area contributed by atoms with Crippen LogP contribution in [0.5, 0.6) is 0 Å². The largest absolute Gasteiger partial charge is 0.466 e. The lowest BCUT2D eigenvalue weighted by Crippen LogP contribution is -2.45. The van der Waals surface area contributed by atoms with Crippen molar-refractivity contribution in [3.05, 3.63) is 24.3 Å². The second-order valence-electron chi connectivity index (χ2n) is 22.5. The number of aliphatic hydroxyl groups is 2. The van der Waals surface area contributed by atoms with Crippen LogP contribution in [0, 0.1) is 0 Å². The van der Waals surface area contributed by atoms with E-state index < -0.39 is 12.1 Å². The lowest BCUT2D eigenvalue weighted by atomic mass is 10.0. The molecular formula is C66H127NO5. The summed E-state index contributed by atoms with van der Waals surface area (Å²) in [5, 5.41) is 23.2. The van der Waals surface area contributed by atoms with Crippen LogP contribution in [0.1, 0.15) is 361 Å². The predicted molar refractivity (Wildman–Crippen MR) is 315 cm³/mol. The number of hydrogen-bond acceptors (Lipinski definition) is 5. The highest BCUT2D eigenvalue weighted by molar-refractivity contribution is 5.76. The minimum absolute atomic E-state index is 0.000130. The summed E-state index contributed by atoms with van der Waals surface area (Å²) in [6.45, 7) is 4.92. The molecule has 0 aliphatic carbocycles. The van der Waals surface area contributed by atoms with Gasteiger partial charge in [-0.05, 0) is 57.8 Å². The standard InChI is InChI=1S/C66H127NO5/c1-3-5-7-9-11-13-15-17-19-21-22-23-24-27-30-34-38-42-46-50-54-58-64(69)63(62-68)67-65(70)59-55-51-47-43-39-35-31-28-25-26-29-33-37-41-45-49-53-57-61-72-66(71)60-56-52-48-44-40-36-32-20-18-16-14-12-10-8-6-4-2/h20,32,54,58,63-64,68-69H,3-19,21-31,33-53,55-57,59-62H2,1-2H3,(H,67,70)/b32-20-,58-54+. The van der Waals surface area contributed by atoms with E-state index in [0.29, 0.717) is 19.4 Å². The van der Waals surface area contributed by atoms with Gasteiger partial charge in [0.15, 0.2) is 0 Å². The van der Waals surface area contributed by atoms with Gasteiger partial charge in [-0.3, -0.25) is 9.59 Å². The van der Waals surface area contributed by atoms with Crippen LogP contribution in [0.4, 0.5) is 0 Å². The molecule has 0 saturated heterocycles. The fourth-order valence-electron chi connectivity index (χ4n) is 10.2. The van der Waals surface area contributed by atoms with Gasteiger partial charge in [0.1, 0.15) is 0 Å². The van der Waals surface area contributed by atoms with Gasteiger partial charge in [0, 0.05) is 12.8 Å². The maximum atomic E-state index is 12.5. The third-order valence-corrected chi connectivity index (χ3v) is 15.2. The Kier molecular flexibility index (Phi) is 60.5. The molecule has 0 rings (SSSR count). The van der Waals surface area contributed by atoms with Crippen LogP contribution >= 0.6 is 0 Å². The number of hydrogen-bond donors (Lipinski definition) is 3. The summed E-state index contributed by atoms with van der Waals surface area (Å²) in [5.74, 6) is -0.0688. The number of carbonyl (C=O) groups excluding carboxylic acids is 2. The molecule has 0 spiro atoms. The smallest absolute Gasteiger partial charge is 0.305 e. The summed E-state index contributed by atoms with van der Waals surface area (Å²) in [5.41, 5.74) is 0. The van der Waals surface area contributed by atoms with Crippen LogP contribution < -0.4 is 5.32 Å². The molecule has 426 valence electrons. The summed E-state index contributed by atoms with van der Waals surface area (Å²) in [6.07, 6.45) is 76.5. The van der Waals surface area contributed by atoms with Crippen molar-refractivity contribution >= 4 is 11.9 Å². The third kappa shape index (κ3) is 57.6. The summed E-state index contributed by atoms with van der Waals surface area (Å²) in [4.78, 5) is 24.6. The van der Waals surface area contributed by atoms with Gasteiger partial charge in [0.2, 0.25) is 5.91 Å². The first-order chi connectivity index (χ1) is 35.5. The van der Waals surface area contributed by atoms with E-state index in [0.717, 1.165) is 44.9 Å². The van der Waals surface area contributed by atoms with Crippen LogP contribution in [-0.4, -0.2) is 47.4 Å². The van der Waals surface area contributed by atoms with Crippen LogP contribution in [0.2, 0.25) is 0 Å². The highest BCUT2D eigenvalue weighted by Gasteiger charge is 2.18. The van der Waals surface area contributed by atoms with Gasteiger partial charge in [-0.2, -0.15) is 0 Å². The Bertz CT molecular complexity index is 1120. The second kappa shape index (κ2) is 61.9. The van der Waals surface area contributed by atoms with Crippen LogP contribution in [0.3, 0.4) is 0 Å². The van der Waals surface area contributed by atoms with Crippen LogP contribution in [0.25, 0.3) is 0 Å². The molecule has 0 aromatic carbocycles. The van der Waals surface area contributed by atoms with Gasteiger partial charge in [-0.1, -0.05) is 314 Å². The van der Waals surface area contributed by atoms with E-state index in [2.05, 4.69) is 31.3 Å². The quantitative estimate of drug-likeness (QED) is 0.0320. The lowest BCUT2D eigenvalue weighted by molar-refractivity contribution is -0.143. The Morgan fingerprint density at radius 1 is 0.375 bits per heavy atom. The molecule has 2 atom stereocenters. The van der Waals surface area contributed by atoms with Gasteiger partial charge in [-0.15, -0.1) is 0 Å². The highest BCUT2D eigenvalue weighted by Crippen LogP contribution is 2.18. The summed E-state index contributed by atoms with van der Waals surface area (Å²) in [6, 6.07) is -0.632. The minimum Gasteiger partial charge on any atom is -0.466 e. The third-order valence-electron chi connectivity index (χ3n) is 15.2. The SMILES string of the molecule is CCCCCCCCC/C=C\CCCCCCCC(=O)OCCCCCCCCCCCCCCCCCCCCC(=O)NC(CO)C(O)/C=C/CCCCCCCCCCCCCCCCCCCCC. The molecule has 6 nitrogen and oxygen atoms in total. The first-order valence-electron chi connectivity index (χ1n) is 32.6. The maximum absolute atomic E-state index is 12.5. The normalized spacial score (nSPS) is 12.7. The van der Waals surface area contributed by atoms with Crippen molar-refractivity contribution in [2.45, 2.75) is 373 Å². The zero-order valence-corrected chi connectivity index (χ0v) is 48.7. The molecule has 2 unspecified atom stereocenters. The van der Waals surface area contributed by atoms with Crippen molar-refractivity contribution in [2.75, 3.05) is 13.2 Å². The molecule has 0 aliphatic rings. The highest BCUT2D eigenvalue weighted by atomic mass is 16.5. The number of rotatable bonds is 61. The number of amides is 1. The van der Waals surface area contributed by atoms with Gasteiger partial charge >= 0.3 is 5.97 Å². The Morgan fingerprint density at radius 3 is 0.986 bits per heavy atom. The lowest BCUT2D eigenvalue weighted by Gasteiger charge is -2.20. The summed E-state index contributed by atoms with van der Waals surface area (Å²) in [7, 11) is 0. The molecule has 0 aliphatic heterocycles. The number of aliphatic hydroxyl groups excluding tert-OH is 2. The van der Waals surface area contributed by atoms with E-state index in [-0.39, 0.29) is 18.5 Å². The fraction of sp³-hybridized carbons (Fsp3) is 0.909. The van der Waals surface area contributed by atoms with Gasteiger partial charge < -0.3 is 20.3 Å². The van der Waals surface area contributed by atoms with Crippen molar-refractivity contribution in [1.29, 1.82) is 0 Å². The number of allylic oxidation sites excluding steroid dienone is 3. The maximum Gasteiger partial charge on any atom is 0.305 e. The number of ether oxygens (including phenoxy) is 1.